The predicted octanol–water partition coefficient (Wildman–Crippen LogP) is 10.4. The molecule has 0 bridgehead atoms. The third kappa shape index (κ3) is 8.55. The van der Waals surface area contributed by atoms with E-state index in [1.165, 1.54) is 11.1 Å². The van der Waals surface area contributed by atoms with Crippen molar-refractivity contribution in [1.82, 2.24) is 5.32 Å². The second-order valence-electron chi connectivity index (χ2n) is 15.8. The highest BCUT2D eigenvalue weighted by Gasteiger charge is 2.42. The Morgan fingerprint density at radius 3 is 1.81 bits per heavy atom. The molecule has 0 spiro atoms. The van der Waals surface area contributed by atoms with Crippen LogP contribution in [0.4, 0.5) is 4.79 Å². The number of ether oxygens (including phenoxy) is 2. The highest BCUT2D eigenvalue weighted by molar-refractivity contribution is 5.72. The Bertz CT molecular complexity index is 1690. The lowest BCUT2D eigenvalue weighted by Crippen LogP contribution is -2.47. The minimum Gasteiger partial charge on any atom is -0.427 e. The van der Waals surface area contributed by atoms with Crippen LogP contribution in [0.15, 0.2) is 109 Å². The van der Waals surface area contributed by atoms with Crippen LogP contribution in [0.25, 0.3) is 0 Å². The Kier molecular flexibility index (Phi) is 10.2. The molecule has 1 saturated carbocycles. The van der Waals surface area contributed by atoms with Crippen LogP contribution in [-0.4, -0.2) is 18.1 Å². The highest BCUT2D eigenvalue weighted by atomic mass is 16.6. The van der Waals surface area contributed by atoms with E-state index in [4.69, 9.17) is 9.47 Å². The maximum Gasteiger partial charge on any atom is 0.412 e. The Balaban J connectivity index is 1.16. The van der Waals surface area contributed by atoms with Crippen molar-refractivity contribution in [2.75, 3.05) is 0 Å². The predicted molar refractivity (Wildman–Crippen MR) is 194 cm³/mol. The molecule has 0 radical (unpaired) electrons. The summed E-state index contributed by atoms with van der Waals surface area (Å²) in [6, 6.07) is 36.3. The fourth-order valence-electron chi connectivity index (χ4n) is 7.75. The van der Waals surface area contributed by atoms with Crippen LogP contribution in [0.3, 0.4) is 0 Å². The average molecular weight is 646 g/mol. The number of hydrogen-bond donors (Lipinski definition) is 1. The molecule has 252 valence electrons. The molecule has 4 aromatic carbocycles. The Morgan fingerprint density at radius 2 is 1.21 bits per heavy atom. The van der Waals surface area contributed by atoms with Crippen LogP contribution in [0.2, 0.25) is 0 Å². The molecule has 1 amide bonds. The summed E-state index contributed by atoms with van der Waals surface area (Å²) < 4.78 is 11.6. The molecule has 5 nitrogen and oxygen atoms in total. The van der Waals surface area contributed by atoms with Gasteiger partial charge in [0.2, 0.25) is 0 Å². The number of hydrogen-bond acceptors (Lipinski definition) is 4. The molecule has 1 fully saturated rings. The van der Waals surface area contributed by atoms with Crippen molar-refractivity contribution in [1.29, 1.82) is 0 Å². The number of nitrogens with one attached hydrogen (secondary N) is 1. The third-order valence-electron chi connectivity index (χ3n) is 10.3. The average Bonchev–Trinajstić information content (AvgIpc) is 3.04. The number of rotatable bonds is 10. The summed E-state index contributed by atoms with van der Waals surface area (Å²) in [5.74, 6) is 0.837. The van der Waals surface area contributed by atoms with Gasteiger partial charge < -0.3 is 14.8 Å². The van der Waals surface area contributed by atoms with Gasteiger partial charge in [-0.2, -0.15) is 0 Å². The largest absolute Gasteiger partial charge is 0.427 e. The van der Waals surface area contributed by atoms with Gasteiger partial charge in [-0.05, 0) is 83.0 Å². The Morgan fingerprint density at radius 1 is 0.667 bits per heavy atom. The lowest BCUT2D eigenvalue weighted by Gasteiger charge is -2.46. The Hall–Kier alpha value is -4.38. The van der Waals surface area contributed by atoms with Crippen molar-refractivity contribution >= 4 is 12.1 Å². The molecule has 1 aliphatic carbocycles. The first-order valence-corrected chi connectivity index (χ1v) is 17.2. The topological polar surface area (TPSA) is 64.6 Å². The van der Waals surface area contributed by atoms with Crippen LogP contribution in [0.5, 0.6) is 11.5 Å². The molecule has 4 aromatic rings. The molecule has 0 aliphatic heterocycles. The molecule has 1 N–H and O–H groups in total. The minimum absolute atomic E-state index is 0.00310. The van der Waals surface area contributed by atoms with Gasteiger partial charge in [-0.1, -0.05) is 133 Å². The van der Waals surface area contributed by atoms with Gasteiger partial charge >= 0.3 is 12.1 Å². The summed E-state index contributed by atoms with van der Waals surface area (Å²) >= 11 is 0. The molecule has 5 heteroatoms. The van der Waals surface area contributed by atoms with Crippen LogP contribution in [0.1, 0.15) is 103 Å². The SMILES string of the molecule is CC1(C)CC(NC(=O)Oc2ccc(C(C)(C)c3ccccc3)cc2)CC(C)(CCC(=O)Oc2cccc(C(C)(C)c3ccccc3)c2)C1. The van der Waals surface area contributed by atoms with E-state index in [1.54, 1.807) is 0 Å². The van der Waals surface area contributed by atoms with E-state index in [9.17, 15) is 9.59 Å². The zero-order valence-corrected chi connectivity index (χ0v) is 29.6. The first-order valence-electron chi connectivity index (χ1n) is 17.2. The van der Waals surface area contributed by atoms with Crippen molar-refractivity contribution in [2.45, 2.75) is 97.4 Å². The summed E-state index contributed by atoms with van der Waals surface area (Å²) in [6.45, 7) is 15.4. The second kappa shape index (κ2) is 14.0. The fourth-order valence-corrected chi connectivity index (χ4v) is 7.75. The molecular formula is C43H51NO4. The van der Waals surface area contributed by atoms with Crippen molar-refractivity contribution in [3.05, 3.63) is 131 Å². The van der Waals surface area contributed by atoms with Gasteiger partial charge in [-0.15, -0.1) is 0 Å². The summed E-state index contributed by atoms with van der Waals surface area (Å²) in [6.07, 6.45) is 3.10. The van der Waals surface area contributed by atoms with E-state index in [0.717, 1.165) is 30.4 Å². The van der Waals surface area contributed by atoms with Gasteiger partial charge in [0.25, 0.3) is 0 Å². The normalized spacial score (nSPS) is 19.3. The summed E-state index contributed by atoms with van der Waals surface area (Å²) in [4.78, 5) is 26.2. The van der Waals surface area contributed by atoms with Gasteiger partial charge in [0.15, 0.2) is 0 Å². The van der Waals surface area contributed by atoms with E-state index >= 15 is 0 Å². The van der Waals surface area contributed by atoms with Gasteiger partial charge in [0, 0.05) is 23.3 Å². The molecule has 0 aromatic heterocycles. The number of carbonyl (C=O) groups is 2. The molecule has 2 atom stereocenters. The number of esters is 1. The lowest BCUT2D eigenvalue weighted by molar-refractivity contribution is -0.135. The fraction of sp³-hybridized carbons (Fsp3) is 0.395. The Labute approximate surface area is 287 Å². The molecule has 1 aliphatic rings. The van der Waals surface area contributed by atoms with Crippen molar-refractivity contribution < 1.29 is 19.1 Å². The minimum atomic E-state index is -0.451. The maximum absolute atomic E-state index is 13.1. The van der Waals surface area contributed by atoms with E-state index < -0.39 is 6.09 Å². The quantitative estimate of drug-likeness (QED) is 0.138. The van der Waals surface area contributed by atoms with Gasteiger partial charge in [-0.25, -0.2) is 4.79 Å². The van der Waals surface area contributed by atoms with Crippen molar-refractivity contribution in [3.63, 3.8) is 0 Å². The first-order chi connectivity index (χ1) is 22.7. The zero-order chi connectivity index (χ0) is 34.6. The summed E-state index contributed by atoms with van der Waals surface area (Å²) in [5, 5.41) is 3.13. The number of carbonyl (C=O) groups excluding carboxylic acids is 2. The maximum atomic E-state index is 13.1. The van der Waals surface area contributed by atoms with Crippen molar-refractivity contribution in [3.8, 4) is 11.5 Å². The van der Waals surface area contributed by atoms with E-state index in [1.807, 2.05) is 66.7 Å². The third-order valence-corrected chi connectivity index (χ3v) is 10.3. The van der Waals surface area contributed by atoms with Crippen LogP contribution < -0.4 is 14.8 Å². The van der Waals surface area contributed by atoms with Crippen LogP contribution in [0, 0.1) is 10.8 Å². The number of benzene rings is 4. The summed E-state index contributed by atoms with van der Waals surface area (Å²) in [7, 11) is 0. The molecule has 5 rings (SSSR count). The molecule has 0 saturated heterocycles. The monoisotopic (exact) mass is 645 g/mol. The zero-order valence-electron chi connectivity index (χ0n) is 29.6. The first kappa shape index (κ1) is 34.9. The highest BCUT2D eigenvalue weighted by Crippen LogP contribution is 2.48. The van der Waals surface area contributed by atoms with E-state index in [2.05, 4.69) is 96.2 Å². The molecule has 2 unspecified atom stereocenters. The molecule has 0 heterocycles. The van der Waals surface area contributed by atoms with Gasteiger partial charge in [-0.3, -0.25) is 4.79 Å². The van der Waals surface area contributed by atoms with Gasteiger partial charge in [0.05, 0.1) is 0 Å². The molecular weight excluding hydrogens is 594 g/mol. The van der Waals surface area contributed by atoms with Crippen LogP contribution >= 0.6 is 0 Å². The van der Waals surface area contributed by atoms with E-state index in [0.29, 0.717) is 24.3 Å². The standard InChI is InChI=1S/C43H51NO4/c1-40(2)28-35(44-39(46)48-36-23-21-33(22-24-36)41(3,4)31-15-10-8-11-16-31)29-43(7,30-40)26-25-38(45)47-37-20-14-19-34(27-37)42(5,6)32-17-12-9-13-18-32/h8-24,27,35H,25-26,28-30H2,1-7H3,(H,44,46). The smallest absolute Gasteiger partial charge is 0.412 e. The lowest BCUT2D eigenvalue weighted by atomic mass is 9.61. The van der Waals surface area contributed by atoms with E-state index in [-0.39, 0.29) is 33.7 Å². The van der Waals surface area contributed by atoms with Crippen molar-refractivity contribution in [2.24, 2.45) is 10.8 Å². The van der Waals surface area contributed by atoms with Gasteiger partial charge in [0.1, 0.15) is 11.5 Å². The van der Waals surface area contributed by atoms with Crippen LogP contribution in [-0.2, 0) is 15.6 Å². The number of amides is 1. The molecule has 48 heavy (non-hydrogen) atoms. The summed E-state index contributed by atoms with van der Waals surface area (Å²) in [5.41, 5.74) is 4.13. The second-order valence-corrected chi connectivity index (χ2v) is 15.8.